The van der Waals surface area contributed by atoms with E-state index in [1.807, 2.05) is 0 Å². The van der Waals surface area contributed by atoms with Gasteiger partial charge in [0, 0.05) is 0 Å². The standard InChI is InChI=1S/2C44H74O7S.Ca/c2*1-3-5-7-9-11-13-15-17-19-21-23-25-27-29-31-33-38-50-43(45)40-36-35-37-41(52(47,48)49)42(40)44(46)51-39-34-32-30-28-26-24-22-20-18-16-14-12-10-8-6-4-2;/h2*11-14,35-37H,3-10,15-34,38-39H2,1-2H3,(H,47,48,49);/q;;+2/p-2/b2*13-11+,14-12+;. The Labute approximate surface area is 671 Å². The molecule has 0 aliphatic heterocycles. The van der Waals surface area contributed by atoms with Gasteiger partial charge in [0.05, 0.1) is 58.5 Å². The first-order valence-corrected chi connectivity index (χ1v) is 44.9. The Bertz CT molecular complexity index is 2610. The first kappa shape index (κ1) is 101. The van der Waals surface area contributed by atoms with Crippen molar-refractivity contribution in [2.75, 3.05) is 26.4 Å². The number of carbonyl (C=O) groups excluding carboxylic acids is 4. The molecule has 2 aromatic rings. The van der Waals surface area contributed by atoms with Gasteiger partial charge >= 0.3 is 61.6 Å². The number of carbonyl (C=O) groups is 4. The summed E-state index contributed by atoms with van der Waals surface area (Å²) < 4.78 is 93.3. The molecule has 0 fully saturated rings. The van der Waals surface area contributed by atoms with Gasteiger partial charge in [0.15, 0.2) is 0 Å². The number of esters is 4. The van der Waals surface area contributed by atoms with E-state index in [0.717, 1.165) is 89.2 Å². The van der Waals surface area contributed by atoms with Crippen molar-refractivity contribution in [3.8, 4) is 0 Å². The monoisotopic (exact) mass is 1530 g/mol. The Kier molecular flexibility index (Phi) is 70.6. The van der Waals surface area contributed by atoms with Crippen molar-refractivity contribution in [1.29, 1.82) is 0 Å². The molecular weight excluding hydrogens is 1390 g/mol. The van der Waals surface area contributed by atoms with E-state index in [4.69, 9.17) is 18.9 Å². The predicted molar refractivity (Wildman–Crippen MR) is 434 cm³/mol. The van der Waals surface area contributed by atoms with Crippen molar-refractivity contribution >= 4 is 81.9 Å². The van der Waals surface area contributed by atoms with Crippen LogP contribution in [0.3, 0.4) is 0 Å². The molecule has 0 spiro atoms. The molecule has 14 nitrogen and oxygen atoms in total. The van der Waals surface area contributed by atoms with Crippen molar-refractivity contribution in [1.82, 2.24) is 0 Å². The second-order valence-corrected chi connectivity index (χ2v) is 31.3. The molecule has 0 unspecified atom stereocenters. The number of hydrogen-bond donors (Lipinski definition) is 0. The average molecular weight is 1530 g/mol. The van der Waals surface area contributed by atoms with Crippen LogP contribution in [0.2, 0.25) is 0 Å². The Morgan fingerprint density at radius 3 is 0.629 bits per heavy atom. The minimum absolute atomic E-state index is 0. The summed E-state index contributed by atoms with van der Waals surface area (Å²) in [5.74, 6) is -3.63. The van der Waals surface area contributed by atoms with Gasteiger partial charge in [-0.2, -0.15) is 0 Å². The van der Waals surface area contributed by atoms with Gasteiger partial charge in [-0.15, -0.1) is 0 Å². The minimum atomic E-state index is -5.01. The zero-order chi connectivity index (χ0) is 75.9. The molecule has 0 saturated carbocycles. The Morgan fingerprint density at radius 1 is 0.267 bits per heavy atom. The largest absolute Gasteiger partial charge is 2.00 e. The fraction of sp³-hybridized carbons (Fsp3) is 0.727. The van der Waals surface area contributed by atoms with Crippen LogP contribution in [0.15, 0.2) is 94.8 Å². The van der Waals surface area contributed by atoms with Crippen molar-refractivity contribution in [2.45, 2.75) is 397 Å². The summed E-state index contributed by atoms with van der Waals surface area (Å²) in [6.07, 6.45) is 83.5. The van der Waals surface area contributed by atoms with Gasteiger partial charge in [-0.25, -0.2) is 36.0 Å². The third-order valence-electron chi connectivity index (χ3n) is 19.0. The van der Waals surface area contributed by atoms with Gasteiger partial charge in [0.2, 0.25) is 0 Å². The van der Waals surface area contributed by atoms with Crippen molar-refractivity contribution < 1.29 is 64.1 Å². The van der Waals surface area contributed by atoms with Gasteiger partial charge < -0.3 is 28.1 Å². The molecular formula is C88H146CaO14S2. The van der Waals surface area contributed by atoms with Gasteiger partial charge in [-0.3, -0.25) is 0 Å². The molecule has 596 valence electrons. The third-order valence-corrected chi connectivity index (χ3v) is 20.8. The molecule has 2 rings (SSSR count). The fourth-order valence-electron chi connectivity index (χ4n) is 12.6. The van der Waals surface area contributed by atoms with E-state index < -0.39 is 65.0 Å². The first-order chi connectivity index (χ1) is 50.6. The zero-order valence-corrected chi connectivity index (χ0v) is 70.6. The van der Waals surface area contributed by atoms with Crippen molar-refractivity contribution in [2.24, 2.45) is 0 Å². The van der Waals surface area contributed by atoms with Crippen molar-refractivity contribution in [3.05, 3.63) is 107 Å². The summed E-state index contributed by atoms with van der Waals surface area (Å²) in [4.78, 5) is 50.3. The van der Waals surface area contributed by atoms with Crippen LogP contribution in [0.5, 0.6) is 0 Å². The van der Waals surface area contributed by atoms with Gasteiger partial charge in [0.25, 0.3) is 0 Å². The maximum atomic E-state index is 13.0. The van der Waals surface area contributed by atoms with Gasteiger partial charge in [-0.1, -0.05) is 320 Å². The van der Waals surface area contributed by atoms with Crippen LogP contribution in [0.1, 0.15) is 429 Å². The number of rotatable bonds is 70. The van der Waals surface area contributed by atoms with Crippen LogP contribution >= 0.6 is 0 Å². The molecule has 0 amide bonds. The van der Waals surface area contributed by atoms with E-state index >= 15 is 0 Å². The summed E-state index contributed by atoms with van der Waals surface area (Å²) in [5, 5.41) is 0. The number of unbranched alkanes of at least 4 members (excludes halogenated alkanes) is 48. The van der Waals surface area contributed by atoms with E-state index in [9.17, 15) is 45.1 Å². The second-order valence-electron chi connectivity index (χ2n) is 28.6. The summed E-state index contributed by atoms with van der Waals surface area (Å²) in [6.45, 7) is 9.42. The molecule has 0 heterocycles. The normalized spacial score (nSPS) is 11.8. The molecule has 0 bridgehead atoms. The molecule has 17 heteroatoms. The fourth-order valence-corrected chi connectivity index (χ4v) is 14.0. The van der Waals surface area contributed by atoms with Crippen LogP contribution < -0.4 is 0 Å². The van der Waals surface area contributed by atoms with Crippen LogP contribution in [0.25, 0.3) is 0 Å². The van der Waals surface area contributed by atoms with E-state index in [-0.39, 0.29) is 75.3 Å². The van der Waals surface area contributed by atoms with Crippen LogP contribution in [0, 0.1) is 0 Å². The van der Waals surface area contributed by atoms with Crippen molar-refractivity contribution in [3.63, 3.8) is 0 Å². The smallest absolute Gasteiger partial charge is 0.744 e. The summed E-state index contributed by atoms with van der Waals surface area (Å²) >= 11 is 0. The Hall–Kier alpha value is -3.64. The zero-order valence-electron chi connectivity index (χ0n) is 66.7. The number of ether oxygens (including phenoxy) is 4. The molecule has 0 saturated heterocycles. The Balaban J connectivity index is 0.00000204. The van der Waals surface area contributed by atoms with Gasteiger partial charge in [-0.05, 0) is 153 Å². The van der Waals surface area contributed by atoms with E-state index in [0.29, 0.717) is 25.7 Å². The summed E-state index contributed by atoms with van der Waals surface area (Å²) in [6, 6.07) is 7.24. The third kappa shape index (κ3) is 58.9. The van der Waals surface area contributed by atoms with Gasteiger partial charge in [0.1, 0.15) is 20.2 Å². The minimum Gasteiger partial charge on any atom is -0.744 e. The maximum absolute atomic E-state index is 13.0. The molecule has 0 aromatic heterocycles. The maximum Gasteiger partial charge on any atom is 2.00 e. The van der Waals surface area contributed by atoms with E-state index in [1.165, 1.54) is 281 Å². The van der Waals surface area contributed by atoms with E-state index in [1.54, 1.807) is 0 Å². The Morgan fingerprint density at radius 2 is 0.438 bits per heavy atom. The first-order valence-electron chi connectivity index (χ1n) is 42.1. The van der Waals surface area contributed by atoms with Crippen LogP contribution in [-0.2, 0) is 39.2 Å². The number of benzene rings is 2. The molecule has 105 heavy (non-hydrogen) atoms. The van der Waals surface area contributed by atoms with Crippen LogP contribution in [0.4, 0.5) is 0 Å². The predicted octanol–water partition coefficient (Wildman–Crippen LogP) is 25.6. The summed E-state index contributed by atoms with van der Waals surface area (Å²) in [7, 11) is -10.0. The SMILES string of the molecule is CCCCC/C=C/CCCCCCCCCCCOC(=O)c1cccc(S(=O)(=O)[O-])c1C(=O)OCCCCCCCCCCC/C=C/CCCCC.CCCCC/C=C/CCCCCCCCCCCOC(=O)c1cccc(S(=O)(=O)[O-])c1C(=O)OCCCCCCCCCCC/C=C/CCCCC.[Ca+2]. The van der Waals surface area contributed by atoms with E-state index in [2.05, 4.69) is 76.3 Å². The quantitative estimate of drug-likeness (QED) is 0.0150. The molecule has 0 radical (unpaired) electrons. The average Bonchev–Trinajstić information content (AvgIpc) is 0.799. The number of allylic oxidation sites excluding steroid dienone is 8. The molecule has 0 aliphatic carbocycles. The molecule has 0 aliphatic rings. The van der Waals surface area contributed by atoms with Crippen LogP contribution in [-0.4, -0.2) is 114 Å². The molecule has 0 N–H and O–H groups in total. The molecule has 2 aromatic carbocycles. The second kappa shape index (κ2) is 73.2. The summed E-state index contributed by atoms with van der Waals surface area (Å²) in [5.41, 5.74) is -1.57. The molecule has 0 atom stereocenters. The number of hydrogen-bond acceptors (Lipinski definition) is 14. The topological polar surface area (TPSA) is 220 Å².